The summed E-state index contributed by atoms with van der Waals surface area (Å²) < 4.78 is 6.88. The van der Waals surface area contributed by atoms with E-state index < -0.39 is 0 Å². The van der Waals surface area contributed by atoms with Crippen LogP contribution in [0.3, 0.4) is 0 Å². The molecule has 0 spiro atoms. The lowest BCUT2D eigenvalue weighted by molar-refractivity contribution is 0.0996. The summed E-state index contributed by atoms with van der Waals surface area (Å²) in [4.78, 5) is 11.9. The third-order valence-corrected chi connectivity index (χ3v) is 3.40. The van der Waals surface area contributed by atoms with Gasteiger partial charge in [0.1, 0.15) is 0 Å². The maximum absolute atomic E-state index is 11.9. The largest absolute Gasteiger partial charge is 0.459 e. The molecule has 17 heavy (non-hydrogen) atoms. The fraction of sp³-hybridized carbons (Fsp3) is 0.0833. The lowest BCUT2D eigenvalue weighted by atomic mass is 10.2. The van der Waals surface area contributed by atoms with Crippen molar-refractivity contribution in [1.29, 1.82) is 0 Å². The van der Waals surface area contributed by atoms with Crippen molar-refractivity contribution in [3.8, 4) is 0 Å². The first-order chi connectivity index (χ1) is 8.08. The Hall–Kier alpha value is -1.07. The Labute approximate surface area is 115 Å². The Bertz CT molecular complexity index is 563. The van der Waals surface area contributed by atoms with Crippen molar-refractivity contribution in [2.45, 2.75) is 6.92 Å². The Morgan fingerprint density at radius 2 is 2.06 bits per heavy atom. The third-order valence-electron chi connectivity index (χ3n) is 2.25. The van der Waals surface area contributed by atoms with Crippen molar-refractivity contribution in [2.24, 2.45) is 0 Å². The number of benzene rings is 1. The molecular weight excluding hydrogens is 350 g/mol. The molecule has 0 aliphatic carbocycles. The molecule has 2 rings (SSSR count). The van der Waals surface area contributed by atoms with E-state index in [1.54, 1.807) is 6.07 Å². The molecule has 0 aliphatic rings. The number of anilines is 1. The summed E-state index contributed by atoms with van der Waals surface area (Å²) in [7, 11) is 0. The van der Waals surface area contributed by atoms with Crippen LogP contribution < -0.4 is 5.32 Å². The van der Waals surface area contributed by atoms with Crippen molar-refractivity contribution in [3.63, 3.8) is 0 Å². The van der Waals surface area contributed by atoms with Crippen LogP contribution in [0.4, 0.5) is 5.69 Å². The smallest absolute Gasteiger partial charge is 0.291 e. The number of halogens is 2. The number of carbonyl (C=O) groups is 1. The van der Waals surface area contributed by atoms with Gasteiger partial charge in [0.25, 0.3) is 5.91 Å². The van der Waals surface area contributed by atoms with Gasteiger partial charge in [-0.1, -0.05) is 15.9 Å². The normalized spacial score (nSPS) is 10.3. The molecule has 88 valence electrons. The minimum absolute atomic E-state index is 0.254. The lowest BCUT2D eigenvalue weighted by Gasteiger charge is -2.06. The van der Waals surface area contributed by atoms with Gasteiger partial charge >= 0.3 is 0 Å². The average Bonchev–Trinajstić information content (AvgIpc) is 2.68. The summed E-state index contributed by atoms with van der Waals surface area (Å²) >= 11 is 6.73. The SMILES string of the molecule is Cc1ccoc1C(=O)Nc1ccc(Br)cc1Br. The van der Waals surface area contributed by atoms with Crippen LogP contribution in [0.2, 0.25) is 0 Å². The van der Waals surface area contributed by atoms with Gasteiger partial charge in [0.05, 0.1) is 12.0 Å². The van der Waals surface area contributed by atoms with E-state index in [0.29, 0.717) is 11.4 Å². The second-order valence-electron chi connectivity index (χ2n) is 3.51. The average molecular weight is 359 g/mol. The molecule has 0 saturated carbocycles. The van der Waals surface area contributed by atoms with Crippen LogP contribution in [0.25, 0.3) is 0 Å². The van der Waals surface area contributed by atoms with E-state index in [9.17, 15) is 4.79 Å². The van der Waals surface area contributed by atoms with E-state index in [0.717, 1.165) is 14.5 Å². The standard InChI is InChI=1S/C12H9Br2NO2/c1-7-4-5-17-11(7)12(16)15-10-3-2-8(13)6-9(10)14/h2-6H,1H3,(H,15,16). The second kappa shape index (κ2) is 5.06. The van der Waals surface area contributed by atoms with Crippen molar-refractivity contribution in [2.75, 3.05) is 5.32 Å². The summed E-state index contributed by atoms with van der Waals surface area (Å²) in [5, 5.41) is 2.78. The summed E-state index contributed by atoms with van der Waals surface area (Å²) in [6.07, 6.45) is 1.50. The van der Waals surface area contributed by atoms with Crippen LogP contribution >= 0.6 is 31.9 Å². The highest BCUT2D eigenvalue weighted by Crippen LogP contribution is 2.26. The molecule has 5 heteroatoms. The van der Waals surface area contributed by atoms with Gasteiger partial charge in [-0.05, 0) is 47.1 Å². The molecule has 0 radical (unpaired) electrons. The van der Waals surface area contributed by atoms with E-state index in [1.165, 1.54) is 6.26 Å². The van der Waals surface area contributed by atoms with Gasteiger partial charge in [0.15, 0.2) is 5.76 Å². The van der Waals surface area contributed by atoms with E-state index in [-0.39, 0.29) is 5.91 Å². The number of furan rings is 1. The molecule has 0 bridgehead atoms. The molecule has 0 saturated heterocycles. The maximum Gasteiger partial charge on any atom is 0.291 e. The summed E-state index contributed by atoms with van der Waals surface area (Å²) in [5.74, 6) is 0.0790. The lowest BCUT2D eigenvalue weighted by Crippen LogP contribution is -2.12. The minimum Gasteiger partial charge on any atom is -0.459 e. The maximum atomic E-state index is 11.9. The predicted molar refractivity (Wildman–Crippen MR) is 73.2 cm³/mol. The third kappa shape index (κ3) is 2.79. The molecule has 1 aromatic carbocycles. The van der Waals surface area contributed by atoms with Crippen LogP contribution in [-0.2, 0) is 0 Å². The molecule has 2 aromatic rings. The molecule has 3 nitrogen and oxygen atoms in total. The zero-order chi connectivity index (χ0) is 12.4. The molecule has 0 unspecified atom stereocenters. The molecule has 0 fully saturated rings. The zero-order valence-electron chi connectivity index (χ0n) is 8.96. The molecule has 1 amide bonds. The number of rotatable bonds is 2. The zero-order valence-corrected chi connectivity index (χ0v) is 12.1. The fourth-order valence-electron chi connectivity index (χ4n) is 1.38. The summed E-state index contributed by atoms with van der Waals surface area (Å²) in [6, 6.07) is 7.29. The minimum atomic E-state index is -0.254. The molecule has 0 atom stereocenters. The van der Waals surface area contributed by atoms with E-state index >= 15 is 0 Å². The predicted octanol–water partition coefficient (Wildman–Crippen LogP) is 4.37. The van der Waals surface area contributed by atoms with Crippen LogP contribution in [0.1, 0.15) is 16.1 Å². The van der Waals surface area contributed by atoms with Crippen LogP contribution in [-0.4, -0.2) is 5.91 Å². The first kappa shape index (κ1) is 12.4. The van der Waals surface area contributed by atoms with Gasteiger partial charge < -0.3 is 9.73 Å². The summed E-state index contributed by atoms with van der Waals surface area (Å²) in [5.41, 5.74) is 1.52. The molecule has 1 N–H and O–H groups in total. The number of aryl methyl sites for hydroxylation is 1. The highest BCUT2D eigenvalue weighted by atomic mass is 79.9. The van der Waals surface area contributed by atoms with E-state index in [4.69, 9.17) is 4.42 Å². The van der Waals surface area contributed by atoms with Crippen LogP contribution in [0.5, 0.6) is 0 Å². The van der Waals surface area contributed by atoms with Crippen molar-refractivity contribution >= 4 is 43.5 Å². The van der Waals surface area contributed by atoms with Gasteiger partial charge in [-0.3, -0.25) is 4.79 Å². The van der Waals surface area contributed by atoms with Gasteiger partial charge in [-0.25, -0.2) is 0 Å². The first-order valence-electron chi connectivity index (χ1n) is 4.88. The monoisotopic (exact) mass is 357 g/mol. The van der Waals surface area contributed by atoms with E-state index in [2.05, 4.69) is 37.2 Å². The van der Waals surface area contributed by atoms with Crippen LogP contribution in [0, 0.1) is 6.92 Å². The number of hydrogen-bond acceptors (Lipinski definition) is 2. The molecule has 1 aromatic heterocycles. The van der Waals surface area contributed by atoms with Crippen molar-refractivity contribution in [1.82, 2.24) is 0 Å². The van der Waals surface area contributed by atoms with Gasteiger partial charge in [-0.2, -0.15) is 0 Å². The first-order valence-corrected chi connectivity index (χ1v) is 6.47. The molecular formula is C12H9Br2NO2. The van der Waals surface area contributed by atoms with Gasteiger partial charge in [0.2, 0.25) is 0 Å². The van der Waals surface area contributed by atoms with Crippen LogP contribution in [0.15, 0.2) is 43.9 Å². The Balaban J connectivity index is 2.22. The van der Waals surface area contributed by atoms with Gasteiger partial charge in [0, 0.05) is 14.5 Å². The topological polar surface area (TPSA) is 42.2 Å². The Morgan fingerprint density at radius 3 is 2.65 bits per heavy atom. The van der Waals surface area contributed by atoms with E-state index in [1.807, 2.05) is 25.1 Å². The Kier molecular flexibility index (Phi) is 3.69. The summed E-state index contributed by atoms with van der Waals surface area (Å²) in [6.45, 7) is 1.83. The second-order valence-corrected chi connectivity index (χ2v) is 5.28. The fourth-order valence-corrected chi connectivity index (χ4v) is 2.52. The number of hydrogen-bond donors (Lipinski definition) is 1. The molecule has 1 heterocycles. The highest BCUT2D eigenvalue weighted by Gasteiger charge is 2.13. The molecule has 0 aliphatic heterocycles. The number of nitrogens with one attached hydrogen (secondary N) is 1. The highest BCUT2D eigenvalue weighted by molar-refractivity contribution is 9.11. The van der Waals surface area contributed by atoms with Crippen molar-refractivity contribution < 1.29 is 9.21 Å². The van der Waals surface area contributed by atoms with Crippen molar-refractivity contribution in [3.05, 3.63) is 50.8 Å². The number of carbonyl (C=O) groups excluding carboxylic acids is 1. The number of amides is 1. The van der Waals surface area contributed by atoms with Gasteiger partial charge in [-0.15, -0.1) is 0 Å². The Morgan fingerprint density at radius 1 is 1.29 bits per heavy atom. The quantitative estimate of drug-likeness (QED) is 0.866.